The minimum atomic E-state index is -0.639. The molecular formula is C20H17FN2O5. The van der Waals surface area contributed by atoms with Gasteiger partial charge in [-0.05, 0) is 30.3 Å². The van der Waals surface area contributed by atoms with Crippen molar-refractivity contribution < 1.29 is 23.5 Å². The molecule has 0 saturated carbocycles. The summed E-state index contributed by atoms with van der Waals surface area (Å²) >= 11 is 0. The van der Waals surface area contributed by atoms with Gasteiger partial charge in [0.05, 0.1) is 30.0 Å². The second-order valence-corrected chi connectivity index (χ2v) is 5.96. The molecule has 1 N–H and O–H groups in total. The van der Waals surface area contributed by atoms with Crippen LogP contribution in [0.4, 0.5) is 4.39 Å². The predicted molar refractivity (Wildman–Crippen MR) is 98.9 cm³/mol. The first-order valence-electron chi connectivity index (χ1n) is 8.48. The fourth-order valence-electron chi connectivity index (χ4n) is 2.67. The minimum Gasteiger partial charge on any atom is -0.496 e. The number of para-hydroxylation sites is 1. The van der Waals surface area contributed by atoms with E-state index in [1.807, 2.05) is 0 Å². The molecule has 7 nitrogen and oxygen atoms in total. The summed E-state index contributed by atoms with van der Waals surface area (Å²) in [6, 6.07) is 10.4. The first kappa shape index (κ1) is 19.2. The number of methoxy groups -OCH3 is 1. The second-order valence-electron chi connectivity index (χ2n) is 5.96. The summed E-state index contributed by atoms with van der Waals surface area (Å²) in [7, 11) is 1.35. The van der Waals surface area contributed by atoms with E-state index in [0.717, 1.165) is 6.07 Å². The number of carbonyl (C=O) groups is 2. The molecule has 0 unspecified atom stereocenters. The molecule has 0 saturated heterocycles. The van der Waals surface area contributed by atoms with Crippen LogP contribution < -0.4 is 10.3 Å². The van der Waals surface area contributed by atoms with Crippen molar-refractivity contribution in [2.45, 2.75) is 12.8 Å². The number of aromatic nitrogens is 2. The van der Waals surface area contributed by atoms with Gasteiger partial charge in [-0.3, -0.25) is 14.4 Å². The Morgan fingerprint density at radius 2 is 1.96 bits per heavy atom. The molecule has 0 aliphatic heterocycles. The van der Waals surface area contributed by atoms with E-state index < -0.39 is 24.2 Å². The molecule has 0 aliphatic carbocycles. The third-order valence-electron chi connectivity index (χ3n) is 4.05. The normalized spacial score (nSPS) is 10.6. The molecule has 8 heteroatoms. The van der Waals surface area contributed by atoms with Gasteiger partial charge in [-0.15, -0.1) is 0 Å². The van der Waals surface area contributed by atoms with Crippen LogP contribution in [0.1, 0.15) is 22.6 Å². The number of halogens is 1. The van der Waals surface area contributed by atoms with Gasteiger partial charge in [-0.1, -0.05) is 12.1 Å². The number of H-pyrrole nitrogens is 1. The molecule has 0 radical (unpaired) electrons. The fourth-order valence-corrected chi connectivity index (χ4v) is 2.67. The lowest BCUT2D eigenvalue weighted by molar-refractivity contribution is -0.142. The van der Waals surface area contributed by atoms with Crippen LogP contribution in [0.25, 0.3) is 10.9 Å². The number of Topliss-reactive ketones (excluding diaryl/α,β-unsaturated/α-hetero) is 1. The summed E-state index contributed by atoms with van der Waals surface area (Å²) in [6.07, 6.45) is 0.0746. The number of nitrogens with zero attached hydrogens (tertiary/aromatic N) is 1. The van der Waals surface area contributed by atoms with E-state index in [1.165, 1.54) is 19.2 Å². The zero-order valence-corrected chi connectivity index (χ0v) is 15.0. The Morgan fingerprint density at radius 1 is 1.18 bits per heavy atom. The van der Waals surface area contributed by atoms with E-state index in [2.05, 4.69) is 9.97 Å². The van der Waals surface area contributed by atoms with E-state index >= 15 is 0 Å². The first-order chi connectivity index (χ1) is 13.5. The van der Waals surface area contributed by atoms with Gasteiger partial charge in [0, 0.05) is 6.42 Å². The Balaban J connectivity index is 1.59. The SMILES string of the molecule is COc1ccc(F)cc1C(=O)COC(=O)CCc1nc2ccccc2c(=O)[nH]1. The highest BCUT2D eigenvalue weighted by Crippen LogP contribution is 2.20. The largest absolute Gasteiger partial charge is 0.496 e. The molecule has 0 spiro atoms. The van der Waals surface area contributed by atoms with E-state index in [1.54, 1.807) is 24.3 Å². The maximum absolute atomic E-state index is 13.3. The Morgan fingerprint density at radius 3 is 2.75 bits per heavy atom. The number of aryl methyl sites for hydroxylation is 1. The van der Waals surface area contributed by atoms with Crippen LogP contribution in [0.2, 0.25) is 0 Å². The number of rotatable bonds is 7. The lowest BCUT2D eigenvalue weighted by Crippen LogP contribution is -2.17. The van der Waals surface area contributed by atoms with Crippen LogP contribution in [0.5, 0.6) is 5.75 Å². The third-order valence-corrected chi connectivity index (χ3v) is 4.05. The van der Waals surface area contributed by atoms with Gasteiger partial charge in [-0.25, -0.2) is 9.37 Å². The van der Waals surface area contributed by atoms with Gasteiger partial charge in [0.1, 0.15) is 17.4 Å². The van der Waals surface area contributed by atoms with Crippen LogP contribution >= 0.6 is 0 Å². The summed E-state index contributed by atoms with van der Waals surface area (Å²) in [5.74, 6) is -1.28. The molecule has 28 heavy (non-hydrogen) atoms. The van der Waals surface area contributed by atoms with Crippen LogP contribution in [-0.2, 0) is 16.0 Å². The zero-order valence-electron chi connectivity index (χ0n) is 15.0. The van der Waals surface area contributed by atoms with Crippen molar-refractivity contribution >= 4 is 22.7 Å². The van der Waals surface area contributed by atoms with Gasteiger partial charge in [0.25, 0.3) is 5.56 Å². The van der Waals surface area contributed by atoms with Crippen molar-refractivity contribution in [1.29, 1.82) is 0 Å². The number of hydrogen-bond donors (Lipinski definition) is 1. The topological polar surface area (TPSA) is 98.3 Å². The number of esters is 1. The van der Waals surface area contributed by atoms with Crippen molar-refractivity contribution in [3.8, 4) is 5.75 Å². The molecule has 2 aromatic carbocycles. The van der Waals surface area contributed by atoms with Crippen molar-refractivity contribution in [3.63, 3.8) is 0 Å². The predicted octanol–water partition coefficient (Wildman–Crippen LogP) is 2.43. The number of ether oxygens (including phenoxy) is 2. The monoisotopic (exact) mass is 384 g/mol. The molecule has 0 bridgehead atoms. The van der Waals surface area contributed by atoms with E-state index in [0.29, 0.717) is 16.7 Å². The van der Waals surface area contributed by atoms with Gasteiger partial charge < -0.3 is 14.5 Å². The van der Waals surface area contributed by atoms with E-state index in [4.69, 9.17) is 9.47 Å². The maximum Gasteiger partial charge on any atom is 0.306 e. The van der Waals surface area contributed by atoms with E-state index in [-0.39, 0.29) is 29.7 Å². The third kappa shape index (κ3) is 4.40. The van der Waals surface area contributed by atoms with Crippen molar-refractivity contribution in [3.05, 3.63) is 70.0 Å². The highest BCUT2D eigenvalue weighted by Gasteiger charge is 2.16. The van der Waals surface area contributed by atoms with Crippen LogP contribution in [0, 0.1) is 5.82 Å². The molecule has 1 aromatic heterocycles. The number of nitrogens with one attached hydrogen (secondary N) is 1. The summed E-state index contributed by atoms with van der Waals surface area (Å²) in [5.41, 5.74) is 0.237. The van der Waals surface area contributed by atoms with Gasteiger partial charge in [-0.2, -0.15) is 0 Å². The van der Waals surface area contributed by atoms with Crippen LogP contribution in [0.15, 0.2) is 47.3 Å². The van der Waals surface area contributed by atoms with Crippen LogP contribution in [-0.4, -0.2) is 35.4 Å². The average Bonchev–Trinajstić information content (AvgIpc) is 2.70. The first-order valence-corrected chi connectivity index (χ1v) is 8.48. The van der Waals surface area contributed by atoms with Crippen LogP contribution in [0.3, 0.4) is 0 Å². The molecule has 0 fully saturated rings. The second kappa shape index (κ2) is 8.43. The summed E-state index contributed by atoms with van der Waals surface area (Å²) in [4.78, 5) is 43.0. The Hall–Kier alpha value is -3.55. The smallest absolute Gasteiger partial charge is 0.306 e. The van der Waals surface area contributed by atoms with Crippen molar-refractivity contribution in [2.75, 3.05) is 13.7 Å². The summed E-state index contributed by atoms with van der Waals surface area (Å²) in [6.45, 7) is -0.541. The van der Waals surface area contributed by atoms with Gasteiger partial charge in [0.15, 0.2) is 6.61 Å². The van der Waals surface area contributed by atoms with Gasteiger partial charge >= 0.3 is 5.97 Å². The molecule has 3 aromatic rings. The molecule has 3 rings (SSSR count). The maximum atomic E-state index is 13.3. The number of ketones is 1. The van der Waals surface area contributed by atoms with Gasteiger partial charge in [0.2, 0.25) is 5.78 Å². The molecular weight excluding hydrogens is 367 g/mol. The van der Waals surface area contributed by atoms with E-state index in [9.17, 15) is 18.8 Å². The number of carbonyl (C=O) groups excluding carboxylic acids is 2. The lowest BCUT2D eigenvalue weighted by atomic mass is 10.1. The van der Waals surface area contributed by atoms with Crippen molar-refractivity contribution in [1.82, 2.24) is 9.97 Å². The molecule has 1 heterocycles. The molecule has 144 valence electrons. The quantitative estimate of drug-likeness (QED) is 0.496. The molecule has 0 atom stereocenters. The number of hydrogen-bond acceptors (Lipinski definition) is 6. The fraction of sp³-hybridized carbons (Fsp3) is 0.200. The highest BCUT2D eigenvalue weighted by molar-refractivity contribution is 6.00. The zero-order chi connectivity index (χ0) is 20.1. The molecule has 0 aliphatic rings. The lowest BCUT2D eigenvalue weighted by Gasteiger charge is -2.08. The van der Waals surface area contributed by atoms with Crippen molar-refractivity contribution in [2.24, 2.45) is 0 Å². The number of aromatic amines is 1. The number of benzene rings is 2. The summed E-state index contributed by atoms with van der Waals surface area (Å²) < 4.78 is 23.3. The Kier molecular flexibility index (Phi) is 5.78. The number of fused-ring (bicyclic) bond motifs is 1. The summed E-state index contributed by atoms with van der Waals surface area (Å²) in [5, 5.41) is 0.462. The standard InChI is InChI=1S/C20H17FN2O5/c1-27-17-7-6-12(21)10-14(17)16(24)11-28-19(25)9-8-18-22-15-5-3-2-4-13(15)20(26)23-18/h2-7,10H,8-9,11H2,1H3,(H,22,23,26). The highest BCUT2D eigenvalue weighted by atomic mass is 19.1. The molecule has 0 amide bonds. The average molecular weight is 384 g/mol. The minimum absolute atomic E-state index is 0.00386. The Labute approximate surface area is 159 Å². The Bertz CT molecular complexity index is 1090.